The predicted molar refractivity (Wildman–Crippen MR) is 55.3 cm³/mol. The first-order valence-electron chi connectivity index (χ1n) is 4.77. The highest BCUT2D eigenvalue weighted by molar-refractivity contribution is 7.99. The van der Waals surface area contributed by atoms with Crippen LogP contribution < -0.4 is 5.32 Å². The van der Waals surface area contributed by atoms with Crippen LogP contribution in [0.25, 0.3) is 0 Å². The zero-order chi connectivity index (χ0) is 10.4. The van der Waals surface area contributed by atoms with E-state index < -0.39 is 5.97 Å². The molecule has 1 saturated carbocycles. The molecule has 0 aliphatic heterocycles. The molecule has 1 rings (SSSR count). The van der Waals surface area contributed by atoms with Gasteiger partial charge >= 0.3 is 5.97 Å². The second kappa shape index (κ2) is 5.90. The number of aliphatic carboxylic acids is 1. The predicted octanol–water partition coefficient (Wildman–Crippen LogP) is 0.720. The smallest absolute Gasteiger partial charge is 0.313 e. The molecule has 0 bridgehead atoms. The average Bonchev–Trinajstić information content (AvgIpc) is 1.99. The van der Waals surface area contributed by atoms with Crippen molar-refractivity contribution in [2.24, 2.45) is 5.92 Å². The van der Waals surface area contributed by atoms with Gasteiger partial charge in [0.2, 0.25) is 5.91 Å². The molecule has 1 aliphatic carbocycles. The zero-order valence-corrected chi connectivity index (χ0v) is 8.81. The van der Waals surface area contributed by atoms with Crippen LogP contribution in [0.1, 0.15) is 19.3 Å². The summed E-state index contributed by atoms with van der Waals surface area (Å²) in [6.45, 7) is 0.577. The first kappa shape index (κ1) is 11.4. The molecule has 0 radical (unpaired) electrons. The number of carboxylic acids is 1. The van der Waals surface area contributed by atoms with Gasteiger partial charge in [0.05, 0.1) is 5.75 Å². The third-order valence-corrected chi connectivity index (χ3v) is 3.19. The summed E-state index contributed by atoms with van der Waals surface area (Å²) in [5.74, 6) is 0.330. The fourth-order valence-corrected chi connectivity index (χ4v) is 1.79. The summed E-state index contributed by atoms with van der Waals surface area (Å²) in [6, 6.07) is 0. The van der Waals surface area contributed by atoms with Crippen molar-refractivity contribution in [2.45, 2.75) is 19.3 Å². The SMILES string of the molecule is O=C(O)CSCCNC(=O)C1CCC1. The molecular formula is C9H15NO3S. The lowest BCUT2D eigenvalue weighted by Gasteiger charge is -2.23. The summed E-state index contributed by atoms with van der Waals surface area (Å²) in [5, 5.41) is 11.2. The Morgan fingerprint density at radius 2 is 2.14 bits per heavy atom. The number of carbonyl (C=O) groups is 2. The molecular weight excluding hydrogens is 202 g/mol. The van der Waals surface area contributed by atoms with Crippen LogP contribution in [0, 0.1) is 5.92 Å². The Balaban J connectivity index is 1.92. The van der Waals surface area contributed by atoms with Crippen molar-refractivity contribution in [3.05, 3.63) is 0 Å². The minimum atomic E-state index is -0.805. The van der Waals surface area contributed by atoms with E-state index in [4.69, 9.17) is 5.11 Å². The quantitative estimate of drug-likeness (QED) is 0.643. The molecule has 4 nitrogen and oxygen atoms in total. The van der Waals surface area contributed by atoms with E-state index in [-0.39, 0.29) is 17.6 Å². The molecule has 80 valence electrons. The van der Waals surface area contributed by atoms with Gasteiger partial charge in [0.25, 0.3) is 0 Å². The second-order valence-electron chi connectivity index (χ2n) is 3.37. The number of hydrogen-bond donors (Lipinski definition) is 2. The Kier molecular flexibility index (Phi) is 4.79. The van der Waals surface area contributed by atoms with Crippen LogP contribution in [-0.4, -0.2) is 35.0 Å². The number of hydrogen-bond acceptors (Lipinski definition) is 3. The van der Waals surface area contributed by atoms with Crippen molar-refractivity contribution in [1.29, 1.82) is 0 Å². The molecule has 5 heteroatoms. The molecule has 1 amide bonds. The maximum absolute atomic E-state index is 11.3. The van der Waals surface area contributed by atoms with E-state index in [1.807, 2.05) is 0 Å². The highest BCUT2D eigenvalue weighted by Crippen LogP contribution is 2.25. The normalized spacial score (nSPS) is 16.0. The monoisotopic (exact) mass is 217 g/mol. The van der Waals surface area contributed by atoms with E-state index >= 15 is 0 Å². The highest BCUT2D eigenvalue weighted by Gasteiger charge is 2.24. The zero-order valence-electron chi connectivity index (χ0n) is 7.99. The largest absolute Gasteiger partial charge is 0.481 e. The minimum Gasteiger partial charge on any atom is -0.481 e. The van der Waals surface area contributed by atoms with Gasteiger partial charge in [-0.25, -0.2) is 0 Å². The van der Waals surface area contributed by atoms with Crippen molar-refractivity contribution in [3.8, 4) is 0 Å². The molecule has 1 aliphatic rings. The van der Waals surface area contributed by atoms with E-state index in [0.717, 1.165) is 19.3 Å². The minimum absolute atomic E-state index is 0.110. The lowest BCUT2D eigenvalue weighted by molar-refractivity contribution is -0.134. The van der Waals surface area contributed by atoms with Crippen LogP contribution in [-0.2, 0) is 9.59 Å². The third kappa shape index (κ3) is 4.00. The van der Waals surface area contributed by atoms with Crippen LogP contribution in [0.2, 0.25) is 0 Å². The molecule has 0 aromatic carbocycles. The summed E-state index contributed by atoms with van der Waals surface area (Å²) in [6.07, 6.45) is 3.17. The maximum atomic E-state index is 11.3. The fraction of sp³-hybridized carbons (Fsp3) is 0.778. The molecule has 1 fully saturated rings. The first-order chi connectivity index (χ1) is 6.70. The van der Waals surface area contributed by atoms with Gasteiger partial charge in [-0.05, 0) is 12.8 Å². The first-order valence-corrected chi connectivity index (χ1v) is 5.93. The van der Waals surface area contributed by atoms with Gasteiger partial charge in [-0.2, -0.15) is 0 Å². The van der Waals surface area contributed by atoms with E-state index in [2.05, 4.69) is 5.32 Å². The van der Waals surface area contributed by atoms with Crippen LogP contribution in [0.15, 0.2) is 0 Å². The van der Waals surface area contributed by atoms with Gasteiger partial charge in [0, 0.05) is 18.2 Å². The van der Waals surface area contributed by atoms with Gasteiger partial charge < -0.3 is 10.4 Å². The summed E-state index contributed by atoms with van der Waals surface area (Å²) in [7, 11) is 0. The highest BCUT2D eigenvalue weighted by atomic mass is 32.2. The Hall–Kier alpha value is -0.710. The van der Waals surface area contributed by atoms with E-state index in [0.29, 0.717) is 12.3 Å². The molecule has 0 aromatic rings. The standard InChI is InChI=1S/C9H15NO3S/c11-8(12)6-14-5-4-10-9(13)7-2-1-3-7/h7H,1-6H2,(H,10,13)(H,11,12). The molecule has 2 N–H and O–H groups in total. The molecule has 0 saturated heterocycles. The van der Waals surface area contributed by atoms with Gasteiger partial charge in [-0.1, -0.05) is 6.42 Å². The number of carbonyl (C=O) groups excluding carboxylic acids is 1. The molecule has 0 heterocycles. The van der Waals surface area contributed by atoms with Gasteiger partial charge in [-0.3, -0.25) is 9.59 Å². The van der Waals surface area contributed by atoms with Gasteiger partial charge in [0.1, 0.15) is 0 Å². The molecule has 14 heavy (non-hydrogen) atoms. The number of carboxylic acid groups (broad SMARTS) is 1. The Morgan fingerprint density at radius 3 is 2.64 bits per heavy atom. The summed E-state index contributed by atoms with van der Waals surface area (Å²) in [5.41, 5.74) is 0. The summed E-state index contributed by atoms with van der Waals surface area (Å²) >= 11 is 1.33. The molecule has 0 atom stereocenters. The van der Waals surface area contributed by atoms with Crippen LogP contribution in [0.3, 0.4) is 0 Å². The fourth-order valence-electron chi connectivity index (χ4n) is 1.22. The van der Waals surface area contributed by atoms with Crippen molar-refractivity contribution in [1.82, 2.24) is 5.32 Å². The number of thioether (sulfide) groups is 1. The van der Waals surface area contributed by atoms with Crippen LogP contribution in [0.5, 0.6) is 0 Å². The molecule has 0 spiro atoms. The van der Waals surface area contributed by atoms with E-state index in [1.165, 1.54) is 11.8 Å². The van der Waals surface area contributed by atoms with Gasteiger partial charge in [0.15, 0.2) is 0 Å². The van der Waals surface area contributed by atoms with E-state index in [1.54, 1.807) is 0 Å². The summed E-state index contributed by atoms with van der Waals surface area (Å²) in [4.78, 5) is 21.4. The number of amides is 1. The topological polar surface area (TPSA) is 66.4 Å². The van der Waals surface area contributed by atoms with Crippen molar-refractivity contribution in [2.75, 3.05) is 18.1 Å². The van der Waals surface area contributed by atoms with Crippen molar-refractivity contribution < 1.29 is 14.7 Å². The molecule has 0 unspecified atom stereocenters. The Morgan fingerprint density at radius 1 is 1.43 bits per heavy atom. The van der Waals surface area contributed by atoms with Crippen LogP contribution in [0.4, 0.5) is 0 Å². The Labute approximate surface area is 87.4 Å². The van der Waals surface area contributed by atoms with Crippen LogP contribution >= 0.6 is 11.8 Å². The van der Waals surface area contributed by atoms with E-state index in [9.17, 15) is 9.59 Å². The van der Waals surface area contributed by atoms with Gasteiger partial charge in [-0.15, -0.1) is 11.8 Å². The molecule has 0 aromatic heterocycles. The average molecular weight is 217 g/mol. The second-order valence-corrected chi connectivity index (χ2v) is 4.47. The lowest BCUT2D eigenvalue weighted by atomic mass is 9.85. The Bertz CT molecular complexity index is 216. The summed E-state index contributed by atoms with van der Waals surface area (Å²) < 4.78 is 0. The third-order valence-electron chi connectivity index (χ3n) is 2.25. The van der Waals surface area contributed by atoms with Crippen molar-refractivity contribution >= 4 is 23.6 Å². The lowest BCUT2D eigenvalue weighted by Crippen LogP contribution is -2.35. The number of rotatable bonds is 6. The number of nitrogens with one attached hydrogen (secondary N) is 1. The van der Waals surface area contributed by atoms with Crippen molar-refractivity contribution in [3.63, 3.8) is 0 Å². The maximum Gasteiger partial charge on any atom is 0.313 e.